The molecule has 0 spiro atoms. The van der Waals surface area contributed by atoms with E-state index in [1.54, 1.807) is 7.11 Å². The van der Waals surface area contributed by atoms with Gasteiger partial charge in [0.05, 0.1) is 6.61 Å². The number of ether oxygens (including phenoxy) is 1. The molecule has 0 aliphatic heterocycles. The van der Waals surface area contributed by atoms with Crippen LogP contribution < -0.4 is 5.32 Å². The van der Waals surface area contributed by atoms with E-state index in [4.69, 9.17) is 16.3 Å². The highest BCUT2D eigenvalue weighted by molar-refractivity contribution is 6.31. The maximum atomic E-state index is 12.5. The molecular formula is C20H27ClN2O2. The van der Waals surface area contributed by atoms with Gasteiger partial charge in [-0.15, -0.1) is 0 Å². The first-order valence-electron chi connectivity index (χ1n) is 9.21. The summed E-state index contributed by atoms with van der Waals surface area (Å²) in [5.74, 6) is 0.888. The lowest BCUT2D eigenvalue weighted by Crippen LogP contribution is -2.30. The van der Waals surface area contributed by atoms with Crippen molar-refractivity contribution in [3.8, 4) is 0 Å². The summed E-state index contributed by atoms with van der Waals surface area (Å²) in [5.41, 5.74) is 2.31. The molecular weight excluding hydrogens is 336 g/mol. The number of hydrogen-bond donors (Lipinski definition) is 2. The molecule has 1 saturated carbocycles. The summed E-state index contributed by atoms with van der Waals surface area (Å²) in [7, 11) is 1.65. The average molecular weight is 363 g/mol. The summed E-state index contributed by atoms with van der Waals surface area (Å²) < 4.78 is 5.02. The Kier molecular flexibility index (Phi) is 6.38. The van der Waals surface area contributed by atoms with Crippen LogP contribution in [0, 0.1) is 5.92 Å². The molecule has 2 N–H and O–H groups in total. The average Bonchev–Trinajstić information content (AvgIpc) is 3.03. The molecule has 1 amide bonds. The highest BCUT2D eigenvalue weighted by Crippen LogP contribution is 2.41. The maximum absolute atomic E-state index is 12.5. The molecule has 0 radical (unpaired) electrons. The zero-order chi connectivity index (χ0) is 17.6. The van der Waals surface area contributed by atoms with Gasteiger partial charge in [0.25, 0.3) is 0 Å². The van der Waals surface area contributed by atoms with Gasteiger partial charge in [0.15, 0.2) is 0 Å². The summed E-state index contributed by atoms with van der Waals surface area (Å²) in [5, 5.41) is 4.86. The third-order valence-electron chi connectivity index (χ3n) is 5.33. The second-order valence-electron chi connectivity index (χ2n) is 6.99. The van der Waals surface area contributed by atoms with Crippen LogP contribution in [0.5, 0.6) is 0 Å². The van der Waals surface area contributed by atoms with Gasteiger partial charge < -0.3 is 15.0 Å². The summed E-state index contributed by atoms with van der Waals surface area (Å²) >= 11 is 6.22. The van der Waals surface area contributed by atoms with Crippen LogP contribution >= 0.6 is 11.6 Å². The van der Waals surface area contributed by atoms with Gasteiger partial charge in [0.2, 0.25) is 5.91 Å². The smallest absolute Gasteiger partial charge is 0.220 e. The molecule has 5 heteroatoms. The first-order valence-corrected chi connectivity index (χ1v) is 9.59. The Bertz CT molecular complexity index is 707. The lowest BCUT2D eigenvalue weighted by molar-refractivity contribution is -0.122. The number of H-pyrrole nitrogens is 1. The number of halogens is 1. The van der Waals surface area contributed by atoms with Crippen molar-refractivity contribution in [2.75, 3.05) is 20.3 Å². The van der Waals surface area contributed by atoms with Crippen molar-refractivity contribution in [1.29, 1.82) is 0 Å². The fourth-order valence-corrected chi connectivity index (χ4v) is 4.22. The number of fused-ring (bicyclic) bond motifs is 1. The summed E-state index contributed by atoms with van der Waals surface area (Å²) in [6, 6.07) is 5.93. The topological polar surface area (TPSA) is 54.1 Å². The van der Waals surface area contributed by atoms with Crippen molar-refractivity contribution in [3.05, 3.63) is 35.0 Å². The monoisotopic (exact) mass is 362 g/mol. The van der Waals surface area contributed by atoms with Crippen LogP contribution in [-0.2, 0) is 9.53 Å². The second-order valence-corrected chi connectivity index (χ2v) is 7.42. The van der Waals surface area contributed by atoms with Gasteiger partial charge in [-0.05, 0) is 48.4 Å². The van der Waals surface area contributed by atoms with Crippen LogP contribution in [0.4, 0.5) is 0 Å². The van der Waals surface area contributed by atoms with Gasteiger partial charge in [0, 0.05) is 42.2 Å². The molecule has 0 bridgehead atoms. The quantitative estimate of drug-likeness (QED) is 0.705. The van der Waals surface area contributed by atoms with E-state index in [1.165, 1.54) is 37.7 Å². The molecule has 1 atom stereocenters. The van der Waals surface area contributed by atoms with Gasteiger partial charge in [-0.3, -0.25) is 4.79 Å². The van der Waals surface area contributed by atoms with Crippen molar-refractivity contribution in [2.45, 2.75) is 44.4 Å². The maximum Gasteiger partial charge on any atom is 0.220 e. The second kappa shape index (κ2) is 8.72. The number of aromatic nitrogens is 1. The van der Waals surface area contributed by atoms with E-state index >= 15 is 0 Å². The number of carbonyl (C=O) groups excluding carboxylic acids is 1. The van der Waals surface area contributed by atoms with Crippen molar-refractivity contribution in [2.24, 2.45) is 5.92 Å². The van der Waals surface area contributed by atoms with Gasteiger partial charge in [-0.2, -0.15) is 0 Å². The van der Waals surface area contributed by atoms with Crippen molar-refractivity contribution < 1.29 is 9.53 Å². The van der Waals surface area contributed by atoms with Crippen LogP contribution in [0.25, 0.3) is 10.9 Å². The number of aromatic amines is 1. The molecule has 136 valence electrons. The largest absolute Gasteiger partial charge is 0.383 e. The first-order chi connectivity index (χ1) is 12.2. The fourth-order valence-electron chi connectivity index (χ4n) is 4.05. The van der Waals surface area contributed by atoms with Crippen molar-refractivity contribution in [3.63, 3.8) is 0 Å². The molecule has 25 heavy (non-hydrogen) atoms. The minimum absolute atomic E-state index is 0.101. The van der Waals surface area contributed by atoms with Gasteiger partial charge in [-0.25, -0.2) is 0 Å². The Morgan fingerprint density at radius 3 is 2.92 bits per heavy atom. The predicted octanol–water partition coefficient (Wildman–Crippen LogP) is 4.64. The number of methoxy groups -OCH3 is 1. The number of carbonyl (C=O) groups is 1. The zero-order valence-electron chi connectivity index (χ0n) is 14.8. The highest BCUT2D eigenvalue weighted by atomic mass is 35.5. The lowest BCUT2D eigenvalue weighted by Gasteiger charge is -2.30. The molecule has 1 aliphatic rings. The SMILES string of the molecule is COCCNC(=O)C[C@@H](c1c[nH]c2ccc(Cl)cc12)C1CCCCC1. The van der Waals surface area contributed by atoms with Crippen LogP contribution in [0.3, 0.4) is 0 Å². The molecule has 4 nitrogen and oxygen atoms in total. The molecule has 1 aromatic heterocycles. The normalized spacial score (nSPS) is 16.9. The van der Waals surface area contributed by atoms with E-state index in [2.05, 4.69) is 16.5 Å². The van der Waals surface area contributed by atoms with Crippen molar-refractivity contribution in [1.82, 2.24) is 10.3 Å². The molecule has 0 unspecified atom stereocenters. The van der Waals surface area contributed by atoms with E-state index in [0.717, 1.165) is 15.9 Å². The lowest BCUT2D eigenvalue weighted by atomic mass is 9.75. The Labute approximate surface area is 154 Å². The van der Waals surface area contributed by atoms with Gasteiger partial charge in [0.1, 0.15) is 0 Å². The summed E-state index contributed by atoms with van der Waals surface area (Å²) in [6.07, 6.45) is 8.82. The molecule has 2 aromatic rings. The number of amides is 1. The van der Waals surface area contributed by atoms with Crippen LogP contribution in [0.15, 0.2) is 24.4 Å². The summed E-state index contributed by atoms with van der Waals surface area (Å²) in [4.78, 5) is 15.8. The molecule has 0 saturated heterocycles. The minimum atomic E-state index is 0.101. The molecule has 1 aliphatic carbocycles. The number of benzene rings is 1. The standard InChI is InChI=1S/C20H27ClN2O2/c1-25-10-9-22-20(24)12-16(14-5-3-2-4-6-14)18-13-23-19-8-7-15(21)11-17(18)19/h7-8,11,13-14,16,23H,2-6,9-10,12H2,1H3,(H,22,24)/t16-/m1/s1. The Hall–Kier alpha value is -1.52. The molecule has 1 aromatic carbocycles. The number of nitrogens with one attached hydrogen (secondary N) is 2. The van der Waals surface area contributed by atoms with Gasteiger partial charge >= 0.3 is 0 Å². The van der Waals surface area contributed by atoms with E-state index in [9.17, 15) is 4.79 Å². The van der Waals surface area contributed by atoms with Gasteiger partial charge in [-0.1, -0.05) is 30.9 Å². The summed E-state index contributed by atoms with van der Waals surface area (Å²) in [6.45, 7) is 1.11. The highest BCUT2D eigenvalue weighted by Gasteiger charge is 2.29. The Morgan fingerprint density at radius 2 is 2.16 bits per heavy atom. The molecule has 1 fully saturated rings. The van der Waals surface area contributed by atoms with Crippen molar-refractivity contribution >= 4 is 28.4 Å². The zero-order valence-corrected chi connectivity index (χ0v) is 15.6. The van der Waals surface area contributed by atoms with E-state index < -0.39 is 0 Å². The molecule has 3 rings (SSSR count). The van der Waals surface area contributed by atoms with Crippen LogP contribution in [-0.4, -0.2) is 31.2 Å². The number of hydrogen-bond acceptors (Lipinski definition) is 2. The van der Waals surface area contributed by atoms with E-state index in [-0.39, 0.29) is 11.8 Å². The van der Waals surface area contributed by atoms with E-state index in [1.807, 2.05) is 18.2 Å². The predicted molar refractivity (Wildman–Crippen MR) is 102 cm³/mol. The fraction of sp³-hybridized carbons (Fsp3) is 0.550. The van der Waals surface area contributed by atoms with Crippen LogP contribution in [0.2, 0.25) is 5.02 Å². The number of rotatable bonds is 7. The molecule has 1 heterocycles. The van der Waals surface area contributed by atoms with E-state index in [0.29, 0.717) is 25.5 Å². The Balaban J connectivity index is 1.84. The third-order valence-corrected chi connectivity index (χ3v) is 5.56. The van der Waals surface area contributed by atoms with Crippen LogP contribution in [0.1, 0.15) is 50.0 Å². The Morgan fingerprint density at radius 1 is 1.36 bits per heavy atom. The third kappa shape index (κ3) is 4.56. The minimum Gasteiger partial charge on any atom is -0.383 e. The first kappa shape index (κ1) is 18.3.